The van der Waals surface area contributed by atoms with Gasteiger partial charge < -0.3 is 14.2 Å². The molecule has 0 saturated carbocycles. The molecule has 0 bridgehead atoms. The minimum Gasteiger partial charge on any atom is -0.468 e. The minimum atomic E-state index is -1.04. The van der Waals surface area contributed by atoms with E-state index in [0.29, 0.717) is 6.29 Å². The number of hydrogen-bond acceptors (Lipinski definition) is 6. The van der Waals surface area contributed by atoms with Crippen LogP contribution in [0, 0.1) is 0 Å². The van der Waals surface area contributed by atoms with Gasteiger partial charge in [-0.1, -0.05) is 30.3 Å². The maximum absolute atomic E-state index is 11.8. The average molecular weight is 303 g/mol. The molecule has 2 aliphatic heterocycles. The second-order valence-electron chi connectivity index (χ2n) is 4.78. The average Bonchev–Trinajstić information content (AvgIpc) is 2.78. The maximum atomic E-state index is 11.8. The number of carbonyl (C=O) groups is 3. The van der Waals surface area contributed by atoms with Crippen LogP contribution >= 0.6 is 0 Å². The molecule has 0 radical (unpaired) electrons. The molecule has 2 fully saturated rings. The molecule has 1 unspecified atom stereocenters. The van der Waals surface area contributed by atoms with Gasteiger partial charge in [0.2, 0.25) is 12.1 Å². The summed E-state index contributed by atoms with van der Waals surface area (Å²) in [5.74, 6) is -0.0809. The van der Waals surface area contributed by atoms with Gasteiger partial charge in [-0.15, -0.1) is 0 Å². The number of allylic oxidation sites excluding steroid dienone is 1. The molecule has 2 atom stereocenters. The topological polar surface area (TPSA) is 82.1 Å². The van der Waals surface area contributed by atoms with Crippen molar-refractivity contribution in [3.63, 3.8) is 0 Å². The van der Waals surface area contributed by atoms with E-state index in [1.807, 2.05) is 18.2 Å². The number of ether oxygens (including phenoxy) is 3. The summed E-state index contributed by atoms with van der Waals surface area (Å²) < 4.78 is 15.4. The summed E-state index contributed by atoms with van der Waals surface area (Å²) in [5.41, 5.74) is 0.809. The molecule has 2 saturated heterocycles. The zero-order valence-corrected chi connectivity index (χ0v) is 11.5. The minimum absolute atomic E-state index is 0.0529. The third kappa shape index (κ3) is 2.65. The maximum Gasteiger partial charge on any atom is 0.510 e. The van der Waals surface area contributed by atoms with Crippen molar-refractivity contribution < 1.29 is 28.6 Å². The standard InChI is InChI=1S/C15H13NO6/c17-7-6-11-14(16-12(18)8-13(16)21-11)22-15(19)20-9-10-4-2-1-3-5-10/h1-7,13-14H,8-9H2/t13-,14?/m1/s1. The number of hydrogen-bond donors (Lipinski definition) is 0. The lowest BCUT2D eigenvalue weighted by Crippen LogP contribution is -2.53. The van der Waals surface area contributed by atoms with Crippen LogP contribution in [-0.4, -0.2) is 35.7 Å². The van der Waals surface area contributed by atoms with E-state index in [4.69, 9.17) is 14.2 Å². The normalized spacial score (nSPS) is 24.3. The van der Waals surface area contributed by atoms with E-state index in [-0.39, 0.29) is 24.7 Å². The molecule has 114 valence electrons. The SMILES string of the molecule is O=CC=C1O[C@@H]2CC(=O)N2C1OC(=O)OCc1ccccc1. The van der Waals surface area contributed by atoms with Gasteiger partial charge in [0.25, 0.3) is 0 Å². The summed E-state index contributed by atoms with van der Waals surface area (Å²) in [5, 5.41) is 0. The molecular weight excluding hydrogens is 290 g/mol. The quantitative estimate of drug-likeness (QED) is 0.361. The van der Waals surface area contributed by atoms with Crippen molar-refractivity contribution >= 4 is 18.3 Å². The second kappa shape index (κ2) is 5.88. The molecule has 0 aromatic heterocycles. The Hall–Kier alpha value is -2.83. The summed E-state index contributed by atoms with van der Waals surface area (Å²) in [6.45, 7) is 0.0529. The molecule has 0 spiro atoms. The lowest BCUT2D eigenvalue weighted by atomic mass is 10.2. The Kier molecular flexibility index (Phi) is 3.78. The van der Waals surface area contributed by atoms with E-state index in [1.165, 1.54) is 4.90 Å². The van der Waals surface area contributed by atoms with Crippen LogP contribution in [0.4, 0.5) is 4.79 Å². The van der Waals surface area contributed by atoms with Crippen molar-refractivity contribution in [3.05, 3.63) is 47.7 Å². The van der Waals surface area contributed by atoms with Crippen LogP contribution in [0.5, 0.6) is 0 Å². The Labute approximate surface area is 126 Å². The Morgan fingerprint density at radius 1 is 1.36 bits per heavy atom. The third-order valence-electron chi connectivity index (χ3n) is 3.36. The van der Waals surface area contributed by atoms with Crippen molar-refractivity contribution in [3.8, 4) is 0 Å². The molecule has 2 heterocycles. The number of amides is 1. The predicted octanol–water partition coefficient (Wildman–Crippen LogP) is 1.34. The van der Waals surface area contributed by atoms with E-state index >= 15 is 0 Å². The molecule has 7 nitrogen and oxygen atoms in total. The van der Waals surface area contributed by atoms with Crippen LogP contribution in [0.3, 0.4) is 0 Å². The Bertz CT molecular complexity index is 626. The fourth-order valence-electron chi connectivity index (χ4n) is 2.28. The summed E-state index contributed by atoms with van der Waals surface area (Å²) in [6.07, 6.45) is -0.618. The van der Waals surface area contributed by atoms with E-state index in [1.54, 1.807) is 12.1 Å². The fourth-order valence-corrected chi connectivity index (χ4v) is 2.28. The van der Waals surface area contributed by atoms with E-state index in [2.05, 4.69) is 0 Å². The van der Waals surface area contributed by atoms with E-state index in [0.717, 1.165) is 11.6 Å². The molecule has 22 heavy (non-hydrogen) atoms. The van der Waals surface area contributed by atoms with Crippen molar-refractivity contribution in [2.45, 2.75) is 25.5 Å². The Morgan fingerprint density at radius 3 is 2.82 bits per heavy atom. The molecule has 2 aliphatic rings. The smallest absolute Gasteiger partial charge is 0.468 e. The number of carbonyl (C=O) groups excluding carboxylic acids is 3. The molecule has 0 aliphatic carbocycles. The van der Waals surface area contributed by atoms with Gasteiger partial charge in [-0.2, -0.15) is 0 Å². The number of fused-ring (bicyclic) bond motifs is 1. The van der Waals surface area contributed by atoms with Crippen molar-refractivity contribution in [2.75, 3.05) is 0 Å². The van der Waals surface area contributed by atoms with Crippen LogP contribution in [0.1, 0.15) is 12.0 Å². The zero-order chi connectivity index (χ0) is 15.5. The number of benzene rings is 1. The lowest BCUT2D eigenvalue weighted by Gasteiger charge is -2.33. The van der Waals surface area contributed by atoms with Gasteiger partial charge in [-0.25, -0.2) is 4.79 Å². The third-order valence-corrected chi connectivity index (χ3v) is 3.36. The van der Waals surface area contributed by atoms with Crippen LogP contribution in [-0.2, 0) is 30.4 Å². The van der Waals surface area contributed by atoms with Crippen LogP contribution in [0.15, 0.2) is 42.2 Å². The first-order chi connectivity index (χ1) is 10.7. The summed E-state index contributed by atoms with van der Waals surface area (Å²) >= 11 is 0. The van der Waals surface area contributed by atoms with Crippen molar-refractivity contribution in [1.29, 1.82) is 0 Å². The number of aldehydes is 1. The molecule has 1 aromatic rings. The summed E-state index contributed by atoms with van der Waals surface area (Å²) in [4.78, 5) is 35.1. The molecular formula is C15H13NO6. The molecule has 3 rings (SSSR count). The summed E-state index contributed by atoms with van der Waals surface area (Å²) in [6, 6.07) is 9.10. The molecule has 1 aromatic carbocycles. The van der Waals surface area contributed by atoms with Gasteiger partial charge in [0.1, 0.15) is 12.9 Å². The first-order valence-corrected chi connectivity index (χ1v) is 6.69. The van der Waals surface area contributed by atoms with E-state index < -0.39 is 18.6 Å². The predicted molar refractivity (Wildman–Crippen MR) is 72.0 cm³/mol. The highest BCUT2D eigenvalue weighted by Crippen LogP contribution is 2.36. The van der Waals surface area contributed by atoms with Crippen LogP contribution in [0.25, 0.3) is 0 Å². The van der Waals surface area contributed by atoms with Gasteiger partial charge in [0.05, 0.1) is 6.42 Å². The van der Waals surface area contributed by atoms with Gasteiger partial charge in [0.15, 0.2) is 12.0 Å². The number of nitrogens with zero attached hydrogens (tertiary/aromatic N) is 1. The number of rotatable bonds is 4. The molecule has 0 N–H and O–H groups in total. The Morgan fingerprint density at radius 2 is 2.14 bits per heavy atom. The second-order valence-corrected chi connectivity index (χ2v) is 4.78. The van der Waals surface area contributed by atoms with Gasteiger partial charge >= 0.3 is 6.16 Å². The largest absolute Gasteiger partial charge is 0.510 e. The van der Waals surface area contributed by atoms with Crippen LogP contribution < -0.4 is 0 Å². The highest BCUT2D eigenvalue weighted by atomic mass is 16.7. The zero-order valence-electron chi connectivity index (χ0n) is 11.5. The van der Waals surface area contributed by atoms with Gasteiger partial charge in [0, 0.05) is 6.08 Å². The van der Waals surface area contributed by atoms with Crippen molar-refractivity contribution in [1.82, 2.24) is 4.90 Å². The molecule has 7 heteroatoms. The lowest BCUT2D eigenvalue weighted by molar-refractivity contribution is -0.165. The first kappa shape index (κ1) is 14.1. The fraction of sp³-hybridized carbons (Fsp3) is 0.267. The summed E-state index contributed by atoms with van der Waals surface area (Å²) in [7, 11) is 0. The molecule has 1 amide bonds. The Balaban J connectivity index is 1.60. The first-order valence-electron chi connectivity index (χ1n) is 6.69. The monoisotopic (exact) mass is 303 g/mol. The van der Waals surface area contributed by atoms with Gasteiger partial charge in [-0.3, -0.25) is 14.5 Å². The highest BCUT2D eigenvalue weighted by molar-refractivity contribution is 5.84. The van der Waals surface area contributed by atoms with Gasteiger partial charge in [-0.05, 0) is 5.56 Å². The van der Waals surface area contributed by atoms with Crippen molar-refractivity contribution in [2.24, 2.45) is 0 Å². The highest BCUT2D eigenvalue weighted by Gasteiger charge is 2.52. The van der Waals surface area contributed by atoms with E-state index in [9.17, 15) is 14.4 Å². The van der Waals surface area contributed by atoms with Crippen LogP contribution in [0.2, 0.25) is 0 Å². The number of β-lactam (4-membered cyclic amide) rings is 1.